The molecule has 0 radical (unpaired) electrons. The van der Waals surface area contributed by atoms with E-state index in [0.29, 0.717) is 32.8 Å². The summed E-state index contributed by atoms with van der Waals surface area (Å²) in [5.74, 6) is -0.924. The predicted molar refractivity (Wildman–Crippen MR) is 96.6 cm³/mol. The number of hydrogen-bond acceptors (Lipinski definition) is 4. The summed E-state index contributed by atoms with van der Waals surface area (Å²) >= 11 is 18.7. The standard InChI is InChI=1S/C18H12Cl3NO3/c19-11-6-4-10(5-7-11)15-16(14-12(20)2-1-3-13(14)21)22-25-18(15)8-9-24-17(18)23/h1-7,15H,8-9H2/t15-,18-/m0/s1. The fraction of sp³-hybridized carbons (Fsp3) is 0.222. The van der Waals surface area contributed by atoms with Gasteiger partial charge in [-0.25, -0.2) is 4.79 Å². The molecule has 4 rings (SSSR count). The van der Waals surface area contributed by atoms with E-state index < -0.39 is 17.5 Å². The summed E-state index contributed by atoms with van der Waals surface area (Å²) in [7, 11) is 0. The Balaban J connectivity index is 1.89. The summed E-state index contributed by atoms with van der Waals surface area (Å²) in [5.41, 5.74) is 0.695. The third-order valence-electron chi connectivity index (χ3n) is 4.52. The van der Waals surface area contributed by atoms with Crippen molar-refractivity contribution in [1.29, 1.82) is 0 Å². The molecule has 1 fully saturated rings. The van der Waals surface area contributed by atoms with E-state index in [-0.39, 0.29) is 6.61 Å². The Kier molecular flexibility index (Phi) is 4.14. The van der Waals surface area contributed by atoms with Crippen LogP contribution < -0.4 is 0 Å². The molecule has 0 N–H and O–H groups in total. The van der Waals surface area contributed by atoms with Crippen LogP contribution in [0.5, 0.6) is 0 Å². The minimum atomic E-state index is -1.20. The van der Waals surface area contributed by atoms with Crippen molar-refractivity contribution in [2.24, 2.45) is 5.16 Å². The van der Waals surface area contributed by atoms with Crippen LogP contribution in [-0.2, 0) is 14.4 Å². The second-order valence-corrected chi connectivity index (χ2v) is 7.18. The molecule has 7 heteroatoms. The van der Waals surface area contributed by atoms with E-state index in [1.807, 2.05) is 12.1 Å². The van der Waals surface area contributed by atoms with Crippen LogP contribution in [0.4, 0.5) is 0 Å². The van der Waals surface area contributed by atoms with Gasteiger partial charge in [0.25, 0.3) is 0 Å². The molecule has 0 saturated carbocycles. The van der Waals surface area contributed by atoms with Crippen molar-refractivity contribution < 1.29 is 14.4 Å². The maximum absolute atomic E-state index is 12.5. The maximum atomic E-state index is 12.5. The number of rotatable bonds is 2. The van der Waals surface area contributed by atoms with E-state index >= 15 is 0 Å². The Labute approximate surface area is 159 Å². The van der Waals surface area contributed by atoms with Crippen LogP contribution >= 0.6 is 34.8 Å². The number of nitrogens with zero attached hydrogens (tertiary/aromatic N) is 1. The average molecular weight is 397 g/mol. The molecule has 0 amide bonds. The normalized spacial score (nSPS) is 25.0. The molecule has 0 aliphatic carbocycles. The molecule has 2 aliphatic heterocycles. The molecule has 2 aliphatic rings. The van der Waals surface area contributed by atoms with Gasteiger partial charge in [0.15, 0.2) is 0 Å². The molecule has 0 unspecified atom stereocenters. The predicted octanol–water partition coefficient (Wildman–Crippen LogP) is 4.85. The van der Waals surface area contributed by atoms with Crippen molar-refractivity contribution in [3.8, 4) is 0 Å². The van der Waals surface area contributed by atoms with Crippen LogP contribution in [0.25, 0.3) is 0 Å². The lowest BCUT2D eigenvalue weighted by molar-refractivity contribution is -0.157. The van der Waals surface area contributed by atoms with Crippen molar-refractivity contribution in [3.05, 3.63) is 68.7 Å². The molecule has 1 saturated heterocycles. The highest BCUT2D eigenvalue weighted by Gasteiger charge is 2.60. The molecule has 2 atom stereocenters. The molecule has 0 aromatic heterocycles. The van der Waals surface area contributed by atoms with Crippen molar-refractivity contribution in [1.82, 2.24) is 0 Å². The number of halogens is 3. The molecule has 4 nitrogen and oxygen atoms in total. The number of benzene rings is 2. The summed E-state index contributed by atoms with van der Waals surface area (Å²) in [6, 6.07) is 12.4. The zero-order valence-electron chi connectivity index (χ0n) is 12.8. The number of cyclic esters (lactones) is 1. The van der Waals surface area contributed by atoms with Gasteiger partial charge in [-0.15, -0.1) is 0 Å². The summed E-state index contributed by atoms with van der Waals surface area (Å²) in [6.45, 7) is 0.280. The average Bonchev–Trinajstić information content (AvgIpc) is 3.14. The highest BCUT2D eigenvalue weighted by molar-refractivity contribution is 6.40. The number of esters is 1. The van der Waals surface area contributed by atoms with Crippen LogP contribution in [0.15, 0.2) is 47.6 Å². The second-order valence-electron chi connectivity index (χ2n) is 5.92. The zero-order valence-corrected chi connectivity index (χ0v) is 15.1. The lowest BCUT2D eigenvalue weighted by Crippen LogP contribution is -2.42. The molecule has 0 bridgehead atoms. The fourth-order valence-electron chi connectivity index (χ4n) is 3.34. The van der Waals surface area contributed by atoms with E-state index in [2.05, 4.69) is 5.16 Å². The largest absolute Gasteiger partial charge is 0.462 e. The van der Waals surface area contributed by atoms with Gasteiger partial charge in [-0.2, -0.15) is 0 Å². The first kappa shape index (κ1) is 16.7. The summed E-state index contributed by atoms with van der Waals surface area (Å²) < 4.78 is 5.18. The summed E-state index contributed by atoms with van der Waals surface area (Å²) in [6.07, 6.45) is 0.397. The van der Waals surface area contributed by atoms with Crippen molar-refractivity contribution in [3.63, 3.8) is 0 Å². The summed E-state index contributed by atoms with van der Waals surface area (Å²) in [5, 5.41) is 5.69. The lowest BCUT2D eigenvalue weighted by Gasteiger charge is -2.26. The first-order valence-electron chi connectivity index (χ1n) is 7.66. The Morgan fingerprint density at radius 3 is 2.32 bits per heavy atom. The molecular weight excluding hydrogens is 385 g/mol. The molecule has 2 heterocycles. The second kappa shape index (κ2) is 6.20. The molecule has 128 valence electrons. The topological polar surface area (TPSA) is 47.9 Å². The Morgan fingerprint density at radius 1 is 1.04 bits per heavy atom. The van der Waals surface area contributed by atoms with Gasteiger partial charge in [0.1, 0.15) is 5.71 Å². The van der Waals surface area contributed by atoms with Gasteiger partial charge in [-0.3, -0.25) is 0 Å². The van der Waals surface area contributed by atoms with Gasteiger partial charge in [-0.1, -0.05) is 58.2 Å². The van der Waals surface area contributed by atoms with E-state index in [1.54, 1.807) is 30.3 Å². The SMILES string of the molecule is O=C1OCC[C@@]12ON=C(c1c(Cl)cccc1Cl)[C@@H]2c1ccc(Cl)cc1. The van der Waals surface area contributed by atoms with Crippen LogP contribution in [0.3, 0.4) is 0 Å². The first-order chi connectivity index (χ1) is 12.0. The van der Waals surface area contributed by atoms with Gasteiger partial charge in [0.05, 0.1) is 22.6 Å². The van der Waals surface area contributed by atoms with Gasteiger partial charge in [0, 0.05) is 17.0 Å². The third kappa shape index (κ3) is 2.60. The first-order valence-corrected chi connectivity index (χ1v) is 8.79. The Morgan fingerprint density at radius 2 is 1.72 bits per heavy atom. The molecule has 2 aromatic carbocycles. The minimum absolute atomic E-state index is 0.280. The monoisotopic (exact) mass is 395 g/mol. The van der Waals surface area contributed by atoms with Crippen LogP contribution in [-0.4, -0.2) is 23.9 Å². The fourth-order valence-corrected chi connectivity index (χ4v) is 4.05. The van der Waals surface area contributed by atoms with E-state index in [9.17, 15) is 4.79 Å². The maximum Gasteiger partial charge on any atom is 0.354 e. The van der Waals surface area contributed by atoms with Crippen molar-refractivity contribution in [2.75, 3.05) is 6.61 Å². The van der Waals surface area contributed by atoms with E-state index in [4.69, 9.17) is 44.4 Å². The summed E-state index contributed by atoms with van der Waals surface area (Å²) in [4.78, 5) is 18.1. The highest BCUT2D eigenvalue weighted by atomic mass is 35.5. The van der Waals surface area contributed by atoms with Crippen LogP contribution in [0.1, 0.15) is 23.5 Å². The van der Waals surface area contributed by atoms with E-state index in [1.165, 1.54) is 0 Å². The number of ether oxygens (including phenoxy) is 1. The third-order valence-corrected chi connectivity index (χ3v) is 5.40. The van der Waals surface area contributed by atoms with E-state index in [0.717, 1.165) is 5.56 Å². The number of oxime groups is 1. The number of carbonyl (C=O) groups excluding carboxylic acids is 1. The van der Waals surface area contributed by atoms with Gasteiger partial charge in [-0.05, 0) is 29.8 Å². The highest BCUT2D eigenvalue weighted by Crippen LogP contribution is 2.47. The van der Waals surface area contributed by atoms with Gasteiger partial charge in [0.2, 0.25) is 5.60 Å². The zero-order chi connectivity index (χ0) is 17.6. The van der Waals surface area contributed by atoms with Crippen molar-refractivity contribution in [2.45, 2.75) is 17.9 Å². The van der Waals surface area contributed by atoms with Crippen molar-refractivity contribution >= 4 is 46.5 Å². The Hall–Kier alpha value is -1.75. The molecule has 25 heavy (non-hydrogen) atoms. The molecular formula is C18H12Cl3NO3. The quantitative estimate of drug-likeness (QED) is 0.682. The van der Waals surface area contributed by atoms with Crippen LogP contribution in [0, 0.1) is 0 Å². The lowest BCUT2D eigenvalue weighted by atomic mass is 9.76. The molecule has 1 spiro atoms. The Bertz CT molecular complexity index is 861. The van der Waals surface area contributed by atoms with Gasteiger partial charge >= 0.3 is 5.97 Å². The van der Waals surface area contributed by atoms with Gasteiger partial charge < -0.3 is 9.57 Å². The minimum Gasteiger partial charge on any atom is -0.462 e. The number of hydrogen-bond donors (Lipinski definition) is 0. The number of carbonyl (C=O) groups is 1. The smallest absolute Gasteiger partial charge is 0.354 e. The molecule has 2 aromatic rings. The van der Waals surface area contributed by atoms with Crippen LogP contribution in [0.2, 0.25) is 15.1 Å².